The van der Waals surface area contributed by atoms with Crippen molar-refractivity contribution < 1.29 is 8.42 Å². The highest BCUT2D eigenvalue weighted by Gasteiger charge is 2.56. The zero-order valence-corrected chi connectivity index (χ0v) is 7.47. The summed E-state index contributed by atoms with van der Waals surface area (Å²) in [6, 6.07) is 0.778. The lowest BCUT2D eigenvalue weighted by molar-refractivity contribution is 0.518. The Morgan fingerprint density at radius 2 is 1.91 bits per heavy atom. The Morgan fingerprint density at radius 1 is 1.36 bits per heavy atom. The minimum absolute atomic E-state index is 0.264. The molecule has 0 spiro atoms. The quantitative estimate of drug-likeness (QED) is 0.575. The van der Waals surface area contributed by atoms with E-state index >= 15 is 0 Å². The topological polar surface area (TPSA) is 37.1 Å². The largest absolute Gasteiger partial charge is 0.214 e. The van der Waals surface area contributed by atoms with Crippen LogP contribution in [0.1, 0.15) is 26.2 Å². The maximum atomic E-state index is 11.3. The average Bonchev–Trinajstić information content (AvgIpc) is 2.49. The Labute approximate surface area is 67.4 Å². The molecule has 0 bridgehead atoms. The number of nitrogens with zero attached hydrogens (tertiary/aromatic N) is 1. The Bertz CT molecular complexity index is 250. The predicted molar refractivity (Wildman–Crippen MR) is 42.7 cm³/mol. The summed E-state index contributed by atoms with van der Waals surface area (Å²) < 4.78 is 24.3. The van der Waals surface area contributed by atoms with Crippen molar-refractivity contribution in [3.05, 3.63) is 0 Å². The summed E-state index contributed by atoms with van der Waals surface area (Å²) in [6.07, 6.45) is 3.39. The molecular weight excluding hydrogens is 162 g/mol. The van der Waals surface area contributed by atoms with Crippen molar-refractivity contribution in [3.8, 4) is 0 Å². The van der Waals surface area contributed by atoms with E-state index in [-0.39, 0.29) is 5.75 Å². The lowest BCUT2D eigenvalue weighted by atomic mass is 10.3. The molecular formula is C7H13NO2S. The molecule has 0 aromatic carbocycles. The number of piperidine rings is 1. The van der Waals surface area contributed by atoms with E-state index in [1.54, 1.807) is 11.2 Å². The van der Waals surface area contributed by atoms with Crippen molar-refractivity contribution in [3.63, 3.8) is 0 Å². The molecule has 2 rings (SSSR count). The van der Waals surface area contributed by atoms with E-state index in [1.807, 2.05) is 0 Å². The Hall–Kier alpha value is -0.0900. The fraction of sp³-hybridized carbons (Fsp3) is 1.00. The van der Waals surface area contributed by atoms with Gasteiger partial charge in [0.25, 0.3) is 0 Å². The standard InChI is InChI=1S/C7H13NO2S/c1-2-11(9,10)8-6-4-3-5-7(6)8/h6-7H,2-5H2,1H3/t6-,7-/m1/s1. The van der Waals surface area contributed by atoms with Crippen LogP contribution in [-0.2, 0) is 10.0 Å². The van der Waals surface area contributed by atoms with E-state index in [2.05, 4.69) is 0 Å². The Kier molecular flexibility index (Phi) is 1.51. The monoisotopic (exact) mass is 175 g/mol. The minimum atomic E-state index is -2.85. The van der Waals surface area contributed by atoms with Gasteiger partial charge in [0, 0.05) is 12.1 Å². The van der Waals surface area contributed by atoms with Crippen LogP contribution in [-0.4, -0.2) is 30.6 Å². The summed E-state index contributed by atoms with van der Waals surface area (Å²) in [5.74, 6) is 0.264. The second kappa shape index (κ2) is 2.20. The van der Waals surface area contributed by atoms with Crippen molar-refractivity contribution in [2.45, 2.75) is 38.3 Å². The number of sulfonamides is 1. The summed E-state index contributed by atoms with van der Waals surface area (Å²) in [6.45, 7) is 1.71. The maximum Gasteiger partial charge on any atom is 0.214 e. The highest BCUT2D eigenvalue weighted by molar-refractivity contribution is 7.89. The zero-order chi connectivity index (χ0) is 8.06. The van der Waals surface area contributed by atoms with E-state index in [9.17, 15) is 8.42 Å². The molecule has 2 aliphatic rings. The molecule has 0 aromatic heterocycles. The van der Waals surface area contributed by atoms with Crippen molar-refractivity contribution in [2.75, 3.05) is 5.75 Å². The van der Waals surface area contributed by atoms with E-state index in [0.717, 1.165) is 12.8 Å². The first-order chi connectivity index (χ1) is 5.17. The molecule has 3 nitrogen and oxygen atoms in total. The molecule has 0 aromatic rings. The summed E-state index contributed by atoms with van der Waals surface area (Å²) in [5, 5.41) is 0. The molecule has 2 fully saturated rings. The van der Waals surface area contributed by atoms with Crippen molar-refractivity contribution in [1.82, 2.24) is 4.31 Å². The van der Waals surface area contributed by atoms with E-state index < -0.39 is 10.0 Å². The van der Waals surface area contributed by atoms with Crippen molar-refractivity contribution in [2.24, 2.45) is 0 Å². The van der Waals surface area contributed by atoms with Crippen LogP contribution in [0.5, 0.6) is 0 Å². The van der Waals surface area contributed by atoms with E-state index in [4.69, 9.17) is 0 Å². The zero-order valence-electron chi connectivity index (χ0n) is 6.66. The number of hydrogen-bond donors (Lipinski definition) is 0. The molecule has 1 saturated heterocycles. The molecule has 0 amide bonds. The maximum absolute atomic E-state index is 11.3. The first kappa shape index (κ1) is 7.55. The van der Waals surface area contributed by atoms with Crippen LogP contribution in [0.4, 0.5) is 0 Å². The molecule has 4 heteroatoms. The van der Waals surface area contributed by atoms with E-state index in [1.165, 1.54) is 6.42 Å². The third kappa shape index (κ3) is 0.999. The van der Waals surface area contributed by atoms with Gasteiger partial charge in [-0.15, -0.1) is 0 Å². The van der Waals surface area contributed by atoms with Crippen LogP contribution in [0.3, 0.4) is 0 Å². The third-order valence-corrected chi connectivity index (χ3v) is 4.61. The van der Waals surface area contributed by atoms with Crippen LogP contribution in [0.25, 0.3) is 0 Å². The lowest BCUT2D eigenvalue weighted by Gasteiger charge is -2.05. The van der Waals surface area contributed by atoms with Gasteiger partial charge in [-0.3, -0.25) is 0 Å². The van der Waals surface area contributed by atoms with Gasteiger partial charge in [-0.1, -0.05) is 6.42 Å². The smallest absolute Gasteiger partial charge is 0.212 e. The highest BCUT2D eigenvalue weighted by Crippen LogP contribution is 2.44. The molecule has 1 aliphatic carbocycles. The summed E-state index contributed by atoms with van der Waals surface area (Å²) in [5.41, 5.74) is 0. The van der Waals surface area contributed by atoms with Crippen LogP contribution in [0.2, 0.25) is 0 Å². The first-order valence-corrected chi connectivity index (χ1v) is 5.79. The normalized spacial score (nSPS) is 42.1. The summed E-state index contributed by atoms with van der Waals surface area (Å²) in [7, 11) is -2.85. The van der Waals surface area contributed by atoms with Gasteiger partial charge in [-0.05, 0) is 19.8 Å². The fourth-order valence-corrected chi connectivity index (χ4v) is 3.61. The third-order valence-electron chi connectivity index (χ3n) is 2.69. The molecule has 0 unspecified atom stereocenters. The van der Waals surface area contributed by atoms with E-state index in [0.29, 0.717) is 12.1 Å². The van der Waals surface area contributed by atoms with Gasteiger partial charge in [0.1, 0.15) is 0 Å². The average molecular weight is 175 g/mol. The van der Waals surface area contributed by atoms with Crippen LogP contribution in [0, 0.1) is 0 Å². The first-order valence-electron chi connectivity index (χ1n) is 4.18. The second-order valence-corrected chi connectivity index (χ2v) is 5.46. The lowest BCUT2D eigenvalue weighted by Crippen LogP contribution is -2.19. The summed E-state index contributed by atoms with van der Waals surface area (Å²) in [4.78, 5) is 0. The molecule has 0 radical (unpaired) electrons. The van der Waals surface area contributed by atoms with Gasteiger partial charge in [-0.25, -0.2) is 8.42 Å². The van der Waals surface area contributed by atoms with Gasteiger partial charge in [0.15, 0.2) is 0 Å². The Morgan fingerprint density at radius 3 is 2.36 bits per heavy atom. The molecule has 2 atom stereocenters. The minimum Gasteiger partial charge on any atom is -0.212 e. The highest BCUT2D eigenvalue weighted by atomic mass is 32.2. The van der Waals surface area contributed by atoms with Gasteiger partial charge in [-0.2, -0.15) is 4.31 Å². The molecule has 64 valence electrons. The van der Waals surface area contributed by atoms with Gasteiger partial charge in [0.05, 0.1) is 5.75 Å². The number of rotatable bonds is 2. The SMILES string of the molecule is CCS(=O)(=O)N1[C@@H]2CCC[C@H]21. The van der Waals surface area contributed by atoms with Gasteiger partial charge >= 0.3 is 0 Å². The van der Waals surface area contributed by atoms with Gasteiger partial charge < -0.3 is 0 Å². The van der Waals surface area contributed by atoms with Crippen LogP contribution in [0.15, 0.2) is 0 Å². The Balaban J connectivity index is 2.11. The fourth-order valence-electron chi connectivity index (χ4n) is 2.05. The predicted octanol–water partition coefficient (Wildman–Crippen LogP) is 0.573. The molecule has 1 heterocycles. The molecule has 1 aliphatic heterocycles. The number of fused-ring (bicyclic) bond motifs is 1. The van der Waals surface area contributed by atoms with Crippen molar-refractivity contribution in [1.29, 1.82) is 0 Å². The van der Waals surface area contributed by atoms with Crippen molar-refractivity contribution >= 4 is 10.0 Å². The number of hydrogen-bond acceptors (Lipinski definition) is 2. The van der Waals surface area contributed by atoms with Gasteiger partial charge in [0.2, 0.25) is 10.0 Å². The molecule has 1 saturated carbocycles. The van der Waals surface area contributed by atoms with Crippen LogP contribution >= 0.6 is 0 Å². The van der Waals surface area contributed by atoms with Crippen LogP contribution < -0.4 is 0 Å². The molecule has 11 heavy (non-hydrogen) atoms. The second-order valence-electron chi connectivity index (χ2n) is 3.30. The molecule has 0 N–H and O–H groups in total. The summed E-state index contributed by atoms with van der Waals surface area (Å²) >= 11 is 0.